The van der Waals surface area contributed by atoms with Crippen molar-refractivity contribution in [1.82, 2.24) is 4.90 Å². The molecule has 1 heterocycles. The molecule has 0 unspecified atom stereocenters. The Morgan fingerprint density at radius 2 is 1.46 bits per heavy atom. The van der Waals surface area contributed by atoms with E-state index in [9.17, 15) is 9.59 Å². The van der Waals surface area contributed by atoms with E-state index in [0.29, 0.717) is 32.8 Å². The number of hydrogen-bond acceptors (Lipinski definition) is 6. The summed E-state index contributed by atoms with van der Waals surface area (Å²) >= 11 is 0. The van der Waals surface area contributed by atoms with Gasteiger partial charge in [0.15, 0.2) is 8.32 Å². The molecule has 0 aromatic heterocycles. The average Bonchev–Trinajstić information content (AvgIpc) is 2.73. The molecule has 0 bridgehead atoms. The smallest absolute Gasteiger partial charge is 0.410 e. The number of rotatable bonds is 6. The van der Waals surface area contributed by atoms with Crippen LogP contribution in [0.1, 0.15) is 73.4 Å². The topological polar surface area (TPSA) is 68.3 Å². The van der Waals surface area contributed by atoms with Crippen LogP contribution < -0.4 is 4.90 Å². The van der Waals surface area contributed by atoms with E-state index in [1.165, 1.54) is 6.08 Å². The molecule has 1 aromatic rings. The molecule has 1 fully saturated rings. The fraction of sp³-hybridized carbons (Fsp3) is 0.655. The summed E-state index contributed by atoms with van der Waals surface area (Å²) in [5.74, 6) is -0.379. The van der Waals surface area contributed by atoms with Crippen molar-refractivity contribution in [2.45, 2.75) is 98.3 Å². The van der Waals surface area contributed by atoms with Gasteiger partial charge in [-0.1, -0.05) is 26.8 Å². The largest absolute Gasteiger partial charge is 0.457 e. The van der Waals surface area contributed by atoms with Crippen LogP contribution >= 0.6 is 0 Å². The first-order chi connectivity index (χ1) is 16.8. The molecule has 1 saturated heterocycles. The number of anilines is 1. The van der Waals surface area contributed by atoms with Gasteiger partial charge in [-0.05, 0) is 89.0 Å². The van der Waals surface area contributed by atoms with Crippen molar-refractivity contribution in [3.63, 3.8) is 0 Å². The molecule has 0 radical (unpaired) electrons. The summed E-state index contributed by atoms with van der Waals surface area (Å²) in [4.78, 5) is 28.9. The lowest BCUT2D eigenvalue weighted by Gasteiger charge is -2.37. The first-order valence-corrected chi connectivity index (χ1v) is 16.1. The summed E-state index contributed by atoms with van der Waals surface area (Å²) in [6, 6.07) is 6.26. The van der Waals surface area contributed by atoms with Crippen molar-refractivity contribution in [3.8, 4) is 0 Å². The predicted molar refractivity (Wildman–Crippen MR) is 153 cm³/mol. The minimum atomic E-state index is -1.90. The van der Waals surface area contributed by atoms with Crippen LogP contribution in [-0.4, -0.2) is 62.7 Å². The average molecular weight is 533 g/mol. The highest BCUT2D eigenvalue weighted by Gasteiger charge is 2.37. The summed E-state index contributed by atoms with van der Waals surface area (Å²) in [6.07, 6.45) is 3.02. The van der Waals surface area contributed by atoms with Gasteiger partial charge in [-0.3, -0.25) is 0 Å². The Morgan fingerprint density at radius 1 is 0.892 bits per heavy atom. The van der Waals surface area contributed by atoms with Gasteiger partial charge < -0.3 is 23.7 Å². The van der Waals surface area contributed by atoms with Crippen LogP contribution in [0.5, 0.6) is 0 Å². The Labute approximate surface area is 225 Å². The van der Waals surface area contributed by atoms with Gasteiger partial charge >= 0.3 is 12.1 Å². The molecule has 1 aliphatic rings. The van der Waals surface area contributed by atoms with Gasteiger partial charge in [-0.2, -0.15) is 0 Å². The lowest BCUT2D eigenvalue weighted by atomic mass is 10.1. The van der Waals surface area contributed by atoms with E-state index in [4.69, 9.17) is 13.9 Å². The maximum atomic E-state index is 12.5. The maximum Gasteiger partial charge on any atom is 0.410 e. The van der Waals surface area contributed by atoms with Crippen LogP contribution in [0.2, 0.25) is 18.1 Å². The fourth-order valence-electron chi connectivity index (χ4n) is 3.55. The minimum absolute atomic E-state index is 0.125. The van der Waals surface area contributed by atoms with Gasteiger partial charge in [0, 0.05) is 37.9 Å². The van der Waals surface area contributed by atoms with Gasteiger partial charge in [0.2, 0.25) is 0 Å². The second kappa shape index (κ2) is 11.6. The van der Waals surface area contributed by atoms with Gasteiger partial charge in [0.25, 0.3) is 0 Å². The molecule has 8 heteroatoms. The van der Waals surface area contributed by atoms with Crippen molar-refractivity contribution in [2.24, 2.45) is 0 Å². The van der Waals surface area contributed by atoms with Gasteiger partial charge in [-0.25, -0.2) is 9.59 Å². The Hall–Kier alpha value is -2.32. The van der Waals surface area contributed by atoms with E-state index >= 15 is 0 Å². The number of carbonyl (C=O) groups is 2. The van der Waals surface area contributed by atoms with E-state index in [0.717, 1.165) is 16.8 Å². The molecule has 0 N–H and O–H groups in total. The third-order valence-electron chi connectivity index (χ3n) is 6.58. The zero-order valence-electron chi connectivity index (χ0n) is 24.9. The Kier molecular flexibility index (Phi) is 9.69. The first-order valence-electron chi connectivity index (χ1n) is 13.2. The molecule has 2 rings (SSSR count). The summed E-state index contributed by atoms with van der Waals surface area (Å²) in [5, 5.41) is 0.125. The maximum absolute atomic E-state index is 12.5. The lowest BCUT2D eigenvalue weighted by Crippen LogP contribution is -2.50. The quantitative estimate of drug-likeness (QED) is 0.233. The van der Waals surface area contributed by atoms with E-state index in [2.05, 4.69) is 57.0 Å². The normalized spacial score (nSPS) is 15.8. The van der Waals surface area contributed by atoms with E-state index < -0.39 is 19.5 Å². The number of esters is 1. The van der Waals surface area contributed by atoms with Crippen molar-refractivity contribution in [2.75, 3.05) is 31.1 Å². The summed E-state index contributed by atoms with van der Waals surface area (Å²) < 4.78 is 17.4. The van der Waals surface area contributed by atoms with Crippen LogP contribution in [-0.2, 0) is 25.3 Å². The standard InChI is InChI=1S/C29H48N2O5Si/c1-27(2,3)35-25(32)15-13-23-20-22(21-34-37(10,11)29(7,8)9)12-14-24(23)30-16-18-31(19-17-30)26(33)36-28(4,5)6/h12-15,20H,16-19,21H2,1-11H3/b15-13+. The molecule has 208 valence electrons. The van der Waals surface area contributed by atoms with Gasteiger partial charge in [-0.15, -0.1) is 0 Å². The Morgan fingerprint density at radius 3 is 1.97 bits per heavy atom. The third-order valence-corrected chi connectivity index (χ3v) is 11.1. The lowest BCUT2D eigenvalue weighted by molar-refractivity contribution is -0.148. The molecule has 1 amide bonds. The van der Waals surface area contributed by atoms with E-state index in [1.807, 2.05) is 47.6 Å². The summed E-state index contributed by atoms with van der Waals surface area (Å²) in [6.45, 7) is 25.4. The highest BCUT2D eigenvalue weighted by atomic mass is 28.4. The third kappa shape index (κ3) is 9.81. The highest BCUT2D eigenvalue weighted by molar-refractivity contribution is 6.74. The molecule has 1 aliphatic heterocycles. The minimum Gasteiger partial charge on any atom is -0.457 e. The zero-order valence-corrected chi connectivity index (χ0v) is 25.9. The SMILES string of the molecule is CC(C)(C)OC(=O)/C=C/c1cc(CO[Si](C)(C)C(C)(C)C)ccc1N1CCN(C(=O)OC(C)(C)C)CC1. The molecular formula is C29H48N2O5Si. The van der Waals surface area contributed by atoms with Crippen molar-refractivity contribution < 1.29 is 23.5 Å². The molecule has 37 heavy (non-hydrogen) atoms. The van der Waals surface area contributed by atoms with Crippen molar-refractivity contribution in [3.05, 3.63) is 35.4 Å². The van der Waals surface area contributed by atoms with E-state index in [-0.39, 0.29) is 17.1 Å². The Balaban J connectivity index is 2.24. The first kappa shape index (κ1) is 30.9. The fourth-order valence-corrected chi connectivity index (χ4v) is 4.51. The van der Waals surface area contributed by atoms with Crippen LogP contribution in [0, 0.1) is 0 Å². The van der Waals surface area contributed by atoms with Crippen molar-refractivity contribution >= 4 is 32.1 Å². The number of carbonyl (C=O) groups excluding carboxylic acids is 2. The monoisotopic (exact) mass is 532 g/mol. The molecule has 0 atom stereocenters. The van der Waals surface area contributed by atoms with Gasteiger partial charge in [0.1, 0.15) is 11.2 Å². The number of ether oxygens (including phenoxy) is 2. The molecular weight excluding hydrogens is 484 g/mol. The molecule has 1 aromatic carbocycles. The van der Waals surface area contributed by atoms with Crippen LogP contribution in [0.3, 0.4) is 0 Å². The molecule has 7 nitrogen and oxygen atoms in total. The summed E-state index contributed by atoms with van der Waals surface area (Å²) in [7, 11) is -1.90. The number of piperazine rings is 1. The van der Waals surface area contributed by atoms with Crippen LogP contribution in [0.15, 0.2) is 24.3 Å². The molecule has 0 aliphatic carbocycles. The number of benzene rings is 1. The number of hydrogen-bond donors (Lipinski definition) is 0. The number of nitrogens with zero attached hydrogens (tertiary/aromatic N) is 2. The zero-order chi connectivity index (χ0) is 28.2. The Bertz CT molecular complexity index is 975. The molecule has 0 saturated carbocycles. The van der Waals surface area contributed by atoms with Crippen LogP contribution in [0.4, 0.5) is 10.5 Å². The highest BCUT2D eigenvalue weighted by Crippen LogP contribution is 2.37. The predicted octanol–water partition coefficient (Wildman–Crippen LogP) is 6.62. The van der Waals surface area contributed by atoms with Crippen molar-refractivity contribution in [1.29, 1.82) is 0 Å². The second-order valence-corrected chi connectivity index (χ2v) is 18.1. The van der Waals surface area contributed by atoms with Gasteiger partial charge in [0.05, 0.1) is 6.61 Å². The van der Waals surface area contributed by atoms with Crippen LogP contribution in [0.25, 0.3) is 6.08 Å². The number of amides is 1. The second-order valence-electron chi connectivity index (χ2n) is 13.3. The molecule has 0 spiro atoms. The van der Waals surface area contributed by atoms with E-state index in [1.54, 1.807) is 4.90 Å². The summed E-state index contributed by atoms with van der Waals surface area (Å²) in [5.41, 5.74) is 1.93.